The van der Waals surface area contributed by atoms with E-state index in [0.717, 1.165) is 16.3 Å². The topological polar surface area (TPSA) is 213 Å². The van der Waals surface area contributed by atoms with Gasteiger partial charge >= 0.3 is 0 Å². The SMILES string of the molecule is CNC(=O)[C@H](Cc1ccc2ccccc2c1)N1CCN(C(=O)[C@@H](Cc2ccc(F)cc2)NC(=O)[C@H](Cc2ccc(O)cc2)NC(C)=O)[C@@H](CCCN=C(N)N)C1=O. The van der Waals surface area contributed by atoms with Crippen molar-refractivity contribution in [3.63, 3.8) is 0 Å². The van der Waals surface area contributed by atoms with E-state index in [0.29, 0.717) is 17.5 Å². The number of fused-ring (bicyclic) bond motifs is 1. The lowest BCUT2D eigenvalue weighted by Crippen LogP contribution is -2.66. The van der Waals surface area contributed by atoms with Gasteiger partial charge in [0.15, 0.2) is 5.96 Å². The minimum absolute atomic E-state index is 0.0211. The largest absolute Gasteiger partial charge is 0.508 e. The van der Waals surface area contributed by atoms with Gasteiger partial charge in [-0.2, -0.15) is 0 Å². The molecule has 4 atom stereocenters. The monoisotopic (exact) mass is 780 g/mol. The number of aromatic hydroxyl groups is 1. The van der Waals surface area contributed by atoms with Gasteiger partial charge in [-0.3, -0.25) is 29.0 Å². The van der Waals surface area contributed by atoms with Gasteiger partial charge in [0.25, 0.3) is 0 Å². The van der Waals surface area contributed by atoms with Gasteiger partial charge in [-0.1, -0.05) is 66.7 Å². The highest BCUT2D eigenvalue weighted by atomic mass is 19.1. The Morgan fingerprint density at radius 1 is 0.825 bits per heavy atom. The van der Waals surface area contributed by atoms with Gasteiger partial charge in [-0.15, -0.1) is 0 Å². The molecule has 0 spiro atoms. The Balaban J connectivity index is 1.45. The number of carbonyl (C=O) groups excluding carboxylic acids is 5. The lowest BCUT2D eigenvalue weighted by atomic mass is 9.96. The maximum atomic E-state index is 14.7. The van der Waals surface area contributed by atoms with Crippen molar-refractivity contribution in [3.8, 4) is 5.75 Å². The Kier molecular flexibility index (Phi) is 14.2. The van der Waals surface area contributed by atoms with E-state index >= 15 is 0 Å². The van der Waals surface area contributed by atoms with Crippen LogP contribution in [-0.4, -0.2) is 101 Å². The van der Waals surface area contributed by atoms with Crippen LogP contribution in [0, 0.1) is 5.82 Å². The van der Waals surface area contributed by atoms with Crippen LogP contribution < -0.4 is 27.4 Å². The van der Waals surface area contributed by atoms with Crippen molar-refractivity contribution < 1.29 is 33.5 Å². The van der Waals surface area contributed by atoms with Crippen molar-refractivity contribution in [2.75, 3.05) is 26.7 Å². The number of aliphatic imine (C=N–C) groups is 1. The first-order chi connectivity index (χ1) is 27.3. The lowest BCUT2D eigenvalue weighted by Gasteiger charge is -2.44. The van der Waals surface area contributed by atoms with Gasteiger partial charge in [0.05, 0.1) is 0 Å². The van der Waals surface area contributed by atoms with Gasteiger partial charge < -0.3 is 42.3 Å². The number of benzene rings is 4. The molecule has 5 rings (SSSR count). The number of carbonyl (C=O) groups is 5. The molecule has 57 heavy (non-hydrogen) atoms. The van der Waals surface area contributed by atoms with Gasteiger partial charge in [-0.25, -0.2) is 4.39 Å². The van der Waals surface area contributed by atoms with Gasteiger partial charge in [0, 0.05) is 52.9 Å². The van der Waals surface area contributed by atoms with E-state index < -0.39 is 53.6 Å². The van der Waals surface area contributed by atoms with E-state index in [2.05, 4.69) is 20.9 Å². The Morgan fingerprint density at radius 3 is 2.11 bits per heavy atom. The third-order valence-electron chi connectivity index (χ3n) is 9.95. The summed E-state index contributed by atoms with van der Waals surface area (Å²) in [5.41, 5.74) is 13.1. The molecule has 4 aromatic carbocycles. The molecule has 1 fully saturated rings. The molecule has 0 unspecified atom stereocenters. The number of piperazine rings is 1. The van der Waals surface area contributed by atoms with Crippen LogP contribution >= 0.6 is 0 Å². The molecule has 1 aliphatic rings. The zero-order valence-corrected chi connectivity index (χ0v) is 32.0. The van der Waals surface area contributed by atoms with Crippen LogP contribution in [0.2, 0.25) is 0 Å². The summed E-state index contributed by atoms with van der Waals surface area (Å²) in [5, 5.41) is 19.9. The fourth-order valence-corrected chi connectivity index (χ4v) is 7.10. The summed E-state index contributed by atoms with van der Waals surface area (Å²) in [6.07, 6.45) is 0.661. The van der Waals surface area contributed by atoms with Gasteiger partial charge in [-0.05, 0) is 64.6 Å². The third-order valence-corrected chi connectivity index (χ3v) is 9.95. The van der Waals surface area contributed by atoms with Crippen LogP contribution in [0.3, 0.4) is 0 Å². The minimum atomic E-state index is -1.24. The van der Waals surface area contributed by atoms with E-state index in [1.165, 1.54) is 60.2 Å². The summed E-state index contributed by atoms with van der Waals surface area (Å²) in [4.78, 5) is 75.9. The molecular formula is C42H49FN8O6. The van der Waals surface area contributed by atoms with Crippen molar-refractivity contribution in [2.24, 2.45) is 16.5 Å². The molecule has 1 heterocycles. The molecule has 15 heteroatoms. The molecule has 8 N–H and O–H groups in total. The molecule has 0 aliphatic carbocycles. The summed E-state index contributed by atoms with van der Waals surface area (Å²) < 4.78 is 13.9. The number of phenols is 1. The highest BCUT2D eigenvalue weighted by Crippen LogP contribution is 2.24. The van der Waals surface area contributed by atoms with Gasteiger partial charge in [0.1, 0.15) is 35.7 Å². The van der Waals surface area contributed by atoms with Crippen molar-refractivity contribution in [2.45, 2.75) is 63.2 Å². The molecular weight excluding hydrogens is 732 g/mol. The number of hydrogen-bond donors (Lipinski definition) is 6. The summed E-state index contributed by atoms with van der Waals surface area (Å²) >= 11 is 0. The van der Waals surface area contributed by atoms with Crippen LogP contribution in [0.25, 0.3) is 10.8 Å². The predicted octanol–water partition coefficient (Wildman–Crippen LogP) is 1.91. The molecule has 0 saturated carbocycles. The van der Waals surface area contributed by atoms with Crippen LogP contribution in [0.15, 0.2) is 96.0 Å². The van der Waals surface area contributed by atoms with Crippen LogP contribution in [0.5, 0.6) is 5.75 Å². The number of likely N-dealkylation sites (N-methyl/N-ethyl adjacent to an activating group) is 1. The number of nitrogens with two attached hydrogens (primary N) is 2. The number of rotatable bonds is 16. The predicted molar refractivity (Wildman–Crippen MR) is 214 cm³/mol. The second kappa shape index (κ2) is 19.4. The summed E-state index contributed by atoms with van der Waals surface area (Å²) in [7, 11) is 1.51. The highest BCUT2D eigenvalue weighted by molar-refractivity contribution is 5.96. The molecule has 0 radical (unpaired) electrons. The average molecular weight is 781 g/mol. The first-order valence-electron chi connectivity index (χ1n) is 18.8. The number of phenolic OH excluding ortho intramolecular Hbond substituents is 1. The van der Waals surface area contributed by atoms with Crippen molar-refractivity contribution in [1.82, 2.24) is 25.8 Å². The summed E-state index contributed by atoms with van der Waals surface area (Å²) in [6, 6.07) is 21.0. The van der Waals surface area contributed by atoms with Crippen molar-refractivity contribution >= 4 is 46.3 Å². The molecule has 1 saturated heterocycles. The molecule has 5 amide bonds. The zero-order chi connectivity index (χ0) is 41.1. The maximum Gasteiger partial charge on any atom is 0.246 e. The molecule has 0 bridgehead atoms. The van der Waals surface area contributed by atoms with E-state index in [9.17, 15) is 33.5 Å². The van der Waals surface area contributed by atoms with Crippen LogP contribution in [0.4, 0.5) is 4.39 Å². The Hall–Kier alpha value is -6.51. The van der Waals surface area contributed by atoms with E-state index in [1.807, 2.05) is 42.5 Å². The number of hydrogen-bond acceptors (Lipinski definition) is 7. The highest BCUT2D eigenvalue weighted by Gasteiger charge is 2.43. The van der Waals surface area contributed by atoms with Crippen LogP contribution in [-0.2, 0) is 43.2 Å². The Labute approximate surface area is 330 Å². The standard InChI is InChI=1S/C42H49FN8O6/c1-26(52)48-34(23-28-12-17-33(53)18-13-28)38(54)49-35(24-27-10-15-32(43)16-11-27)40(56)50-20-21-51(41(57)36(50)8-5-19-47-42(44)45)37(39(55)46-2)25-29-9-14-30-6-3-4-7-31(30)22-29/h3-4,6-7,9-18,22,34-37,53H,5,8,19-21,23-25H2,1-2H3,(H,46,55)(H,48,52)(H,49,54)(H4,44,45,47)/t34-,35+,36-,37-/m0/s1. The summed E-state index contributed by atoms with van der Waals surface area (Å²) in [6.45, 7) is 1.49. The van der Waals surface area contributed by atoms with E-state index in [-0.39, 0.29) is 62.9 Å². The van der Waals surface area contributed by atoms with E-state index in [1.54, 1.807) is 12.1 Å². The van der Waals surface area contributed by atoms with Gasteiger partial charge in [0.2, 0.25) is 29.5 Å². The maximum absolute atomic E-state index is 14.7. The quantitative estimate of drug-likeness (QED) is 0.0561. The Morgan fingerprint density at radius 2 is 1.46 bits per heavy atom. The third kappa shape index (κ3) is 11.3. The van der Waals surface area contributed by atoms with Crippen molar-refractivity contribution in [1.29, 1.82) is 0 Å². The summed E-state index contributed by atoms with van der Waals surface area (Å²) in [5.74, 6) is -3.12. The fourth-order valence-electron chi connectivity index (χ4n) is 7.10. The van der Waals surface area contributed by atoms with Crippen molar-refractivity contribution in [3.05, 3.63) is 114 Å². The molecule has 4 aromatic rings. The van der Waals surface area contributed by atoms with E-state index in [4.69, 9.17) is 11.5 Å². The fraction of sp³-hybridized carbons (Fsp3) is 0.333. The smallest absolute Gasteiger partial charge is 0.246 e. The number of halogens is 1. The normalized spacial score (nSPS) is 15.6. The zero-order valence-electron chi connectivity index (χ0n) is 32.0. The molecule has 300 valence electrons. The second-order valence-electron chi connectivity index (χ2n) is 14.1. The number of nitrogens with one attached hydrogen (secondary N) is 3. The molecule has 14 nitrogen and oxygen atoms in total. The van der Waals surface area contributed by atoms with Crippen LogP contribution in [0.1, 0.15) is 36.5 Å². The number of nitrogens with zero attached hydrogens (tertiary/aromatic N) is 3. The minimum Gasteiger partial charge on any atom is -0.508 e. The molecule has 1 aliphatic heterocycles. The Bertz CT molecular complexity index is 2090. The lowest BCUT2D eigenvalue weighted by molar-refractivity contribution is -0.157. The molecule has 0 aromatic heterocycles. The average Bonchev–Trinajstić information content (AvgIpc) is 3.19. The number of guanidine groups is 1. The first-order valence-corrected chi connectivity index (χ1v) is 18.8. The number of amides is 5. The second-order valence-corrected chi connectivity index (χ2v) is 14.1. The first kappa shape index (κ1) is 41.6.